The highest BCUT2D eigenvalue weighted by atomic mass is 16.1. The number of aryl methyl sites for hydroxylation is 2. The number of rotatable bonds is 4. The summed E-state index contributed by atoms with van der Waals surface area (Å²) < 4.78 is 0. The maximum absolute atomic E-state index is 12.3. The minimum absolute atomic E-state index is 0.151. The van der Waals surface area contributed by atoms with Crippen LogP contribution in [0.5, 0.6) is 0 Å². The quantitative estimate of drug-likeness (QED) is 0.812. The second-order valence-corrected chi connectivity index (χ2v) is 5.08. The summed E-state index contributed by atoms with van der Waals surface area (Å²) in [6.07, 6.45) is 0. The predicted octanol–water partition coefficient (Wildman–Crippen LogP) is 2.97. The summed E-state index contributed by atoms with van der Waals surface area (Å²) in [4.78, 5) is 15.6. The van der Waals surface area contributed by atoms with E-state index in [1.807, 2.05) is 32.9 Å². The normalized spacial score (nSPS) is 11.4. The van der Waals surface area contributed by atoms with Gasteiger partial charge in [-0.05, 0) is 19.4 Å². The standard InChI is InChI=1S/C15H20N2O/c1-9(2)16-8-13(18)14-11(4)17-15-10(3)6-5-7-12(14)15/h5-7,9,16-17H,8H2,1-4H3. The molecule has 0 atom stereocenters. The summed E-state index contributed by atoms with van der Waals surface area (Å²) in [5, 5.41) is 4.21. The second-order valence-electron chi connectivity index (χ2n) is 5.08. The molecule has 1 aromatic heterocycles. The van der Waals surface area contributed by atoms with Gasteiger partial charge in [-0.3, -0.25) is 4.79 Å². The van der Waals surface area contributed by atoms with Gasteiger partial charge in [-0.15, -0.1) is 0 Å². The van der Waals surface area contributed by atoms with E-state index in [2.05, 4.69) is 23.3 Å². The van der Waals surface area contributed by atoms with Gasteiger partial charge in [0.25, 0.3) is 0 Å². The van der Waals surface area contributed by atoms with Gasteiger partial charge >= 0.3 is 0 Å². The first-order chi connectivity index (χ1) is 8.50. The van der Waals surface area contributed by atoms with Crippen molar-refractivity contribution in [1.29, 1.82) is 0 Å². The number of carbonyl (C=O) groups excluding carboxylic acids is 1. The number of aromatic amines is 1. The molecule has 0 amide bonds. The first-order valence-corrected chi connectivity index (χ1v) is 6.35. The van der Waals surface area contributed by atoms with E-state index in [4.69, 9.17) is 0 Å². The van der Waals surface area contributed by atoms with E-state index >= 15 is 0 Å². The lowest BCUT2D eigenvalue weighted by Crippen LogP contribution is -2.29. The molecular formula is C15H20N2O. The number of nitrogens with one attached hydrogen (secondary N) is 2. The number of H-pyrrole nitrogens is 1. The lowest BCUT2D eigenvalue weighted by Gasteiger charge is -2.07. The van der Waals surface area contributed by atoms with Gasteiger partial charge in [-0.25, -0.2) is 0 Å². The fourth-order valence-electron chi connectivity index (χ4n) is 2.24. The average Bonchev–Trinajstić information content (AvgIpc) is 2.64. The Morgan fingerprint density at radius 1 is 1.33 bits per heavy atom. The van der Waals surface area contributed by atoms with Gasteiger partial charge in [0.05, 0.1) is 6.54 Å². The Labute approximate surface area is 108 Å². The van der Waals surface area contributed by atoms with Crippen LogP contribution in [0, 0.1) is 13.8 Å². The van der Waals surface area contributed by atoms with E-state index < -0.39 is 0 Å². The predicted molar refractivity (Wildman–Crippen MR) is 75.2 cm³/mol. The van der Waals surface area contributed by atoms with E-state index in [1.165, 1.54) is 5.56 Å². The lowest BCUT2D eigenvalue weighted by atomic mass is 10.0. The molecule has 2 aromatic rings. The number of carbonyl (C=O) groups is 1. The average molecular weight is 244 g/mol. The Morgan fingerprint density at radius 3 is 2.72 bits per heavy atom. The molecule has 96 valence electrons. The number of aromatic nitrogens is 1. The highest BCUT2D eigenvalue weighted by molar-refractivity contribution is 6.10. The Hall–Kier alpha value is -1.61. The van der Waals surface area contributed by atoms with Crippen LogP contribution in [-0.2, 0) is 0 Å². The number of hydrogen-bond donors (Lipinski definition) is 2. The molecule has 3 heteroatoms. The number of para-hydroxylation sites is 1. The summed E-state index contributed by atoms with van der Waals surface area (Å²) in [6, 6.07) is 6.38. The molecule has 0 radical (unpaired) electrons. The van der Waals surface area contributed by atoms with E-state index in [0.717, 1.165) is 22.2 Å². The summed E-state index contributed by atoms with van der Waals surface area (Å²) in [6.45, 7) is 8.49. The van der Waals surface area contributed by atoms with Gasteiger partial charge in [0.1, 0.15) is 0 Å². The fourth-order valence-corrected chi connectivity index (χ4v) is 2.24. The van der Waals surface area contributed by atoms with Crippen molar-refractivity contribution in [3.63, 3.8) is 0 Å². The number of benzene rings is 1. The Kier molecular flexibility index (Phi) is 3.53. The molecule has 0 aliphatic rings. The third kappa shape index (κ3) is 2.31. The monoisotopic (exact) mass is 244 g/mol. The maximum atomic E-state index is 12.3. The van der Waals surface area contributed by atoms with Gasteiger partial charge in [-0.1, -0.05) is 32.0 Å². The zero-order valence-electron chi connectivity index (χ0n) is 11.4. The van der Waals surface area contributed by atoms with Crippen molar-refractivity contribution in [3.8, 4) is 0 Å². The fraction of sp³-hybridized carbons (Fsp3) is 0.400. The Morgan fingerprint density at radius 2 is 2.06 bits per heavy atom. The Bertz CT molecular complexity index is 581. The number of Topliss-reactive ketones (excluding diaryl/α,β-unsaturated/α-hetero) is 1. The van der Waals surface area contributed by atoms with Crippen molar-refractivity contribution in [3.05, 3.63) is 35.0 Å². The highest BCUT2D eigenvalue weighted by Gasteiger charge is 2.16. The van der Waals surface area contributed by atoms with Gasteiger partial charge in [0.15, 0.2) is 5.78 Å². The number of hydrogen-bond acceptors (Lipinski definition) is 2. The zero-order valence-corrected chi connectivity index (χ0v) is 11.4. The number of fused-ring (bicyclic) bond motifs is 1. The molecule has 0 spiro atoms. The van der Waals surface area contributed by atoms with Crippen LogP contribution in [0.25, 0.3) is 10.9 Å². The zero-order chi connectivity index (χ0) is 13.3. The van der Waals surface area contributed by atoms with Crippen molar-refractivity contribution in [1.82, 2.24) is 10.3 Å². The van der Waals surface area contributed by atoms with Crippen LogP contribution in [0.1, 0.15) is 35.5 Å². The van der Waals surface area contributed by atoms with E-state index in [-0.39, 0.29) is 5.78 Å². The molecule has 1 heterocycles. The van der Waals surface area contributed by atoms with Gasteiger partial charge in [-0.2, -0.15) is 0 Å². The van der Waals surface area contributed by atoms with Crippen molar-refractivity contribution in [2.24, 2.45) is 0 Å². The van der Waals surface area contributed by atoms with E-state index in [0.29, 0.717) is 12.6 Å². The minimum Gasteiger partial charge on any atom is -0.358 e. The topological polar surface area (TPSA) is 44.9 Å². The molecule has 0 unspecified atom stereocenters. The SMILES string of the molecule is Cc1[nH]c2c(C)cccc2c1C(=O)CNC(C)C. The minimum atomic E-state index is 0.151. The van der Waals surface area contributed by atoms with Crippen LogP contribution in [0.2, 0.25) is 0 Å². The van der Waals surface area contributed by atoms with Crippen LogP contribution < -0.4 is 5.32 Å². The molecule has 2 rings (SSSR count). The molecule has 2 N–H and O–H groups in total. The summed E-state index contributed by atoms with van der Waals surface area (Å²) >= 11 is 0. The summed E-state index contributed by atoms with van der Waals surface area (Å²) in [7, 11) is 0. The molecule has 0 aliphatic heterocycles. The van der Waals surface area contributed by atoms with Crippen LogP contribution in [-0.4, -0.2) is 23.4 Å². The van der Waals surface area contributed by atoms with Gasteiger partial charge in [0.2, 0.25) is 0 Å². The van der Waals surface area contributed by atoms with Crippen molar-refractivity contribution in [2.45, 2.75) is 33.7 Å². The van der Waals surface area contributed by atoms with Gasteiger partial charge < -0.3 is 10.3 Å². The van der Waals surface area contributed by atoms with Crippen LogP contribution in [0.15, 0.2) is 18.2 Å². The molecule has 18 heavy (non-hydrogen) atoms. The molecule has 0 fully saturated rings. The van der Waals surface area contributed by atoms with Crippen molar-refractivity contribution < 1.29 is 4.79 Å². The van der Waals surface area contributed by atoms with Crippen LogP contribution >= 0.6 is 0 Å². The molecule has 0 saturated heterocycles. The highest BCUT2D eigenvalue weighted by Crippen LogP contribution is 2.24. The Balaban J connectivity index is 2.41. The van der Waals surface area contributed by atoms with E-state index in [9.17, 15) is 4.79 Å². The summed E-state index contributed by atoms with van der Waals surface area (Å²) in [5.74, 6) is 0.151. The first-order valence-electron chi connectivity index (χ1n) is 6.35. The maximum Gasteiger partial charge on any atom is 0.179 e. The molecule has 0 bridgehead atoms. The van der Waals surface area contributed by atoms with E-state index in [1.54, 1.807) is 0 Å². The van der Waals surface area contributed by atoms with Crippen molar-refractivity contribution >= 4 is 16.7 Å². The molecule has 1 aromatic carbocycles. The second kappa shape index (κ2) is 4.94. The van der Waals surface area contributed by atoms with Gasteiger partial charge in [0, 0.05) is 28.2 Å². The molecule has 0 saturated carbocycles. The molecule has 3 nitrogen and oxygen atoms in total. The first kappa shape index (κ1) is 12.8. The number of ketones is 1. The third-order valence-electron chi connectivity index (χ3n) is 3.18. The lowest BCUT2D eigenvalue weighted by molar-refractivity contribution is 0.0989. The van der Waals surface area contributed by atoms with Crippen molar-refractivity contribution in [2.75, 3.05) is 6.54 Å². The smallest absolute Gasteiger partial charge is 0.179 e. The summed E-state index contributed by atoms with van der Waals surface area (Å²) in [5.41, 5.74) is 4.02. The van der Waals surface area contributed by atoms with Crippen LogP contribution in [0.3, 0.4) is 0 Å². The third-order valence-corrected chi connectivity index (χ3v) is 3.18. The molecule has 0 aliphatic carbocycles. The van der Waals surface area contributed by atoms with Crippen LogP contribution in [0.4, 0.5) is 0 Å². The largest absolute Gasteiger partial charge is 0.358 e. The molecular weight excluding hydrogens is 224 g/mol.